The Kier molecular flexibility index (Phi) is 5.86. The predicted molar refractivity (Wildman–Crippen MR) is 132 cm³/mol. The van der Waals surface area contributed by atoms with E-state index >= 15 is 0 Å². The van der Waals surface area contributed by atoms with Crippen LogP contribution in [0.25, 0.3) is 0 Å². The minimum Gasteiger partial charge on any atom is -0.322 e. The van der Waals surface area contributed by atoms with Crippen LogP contribution in [0.3, 0.4) is 0 Å². The van der Waals surface area contributed by atoms with E-state index in [1.54, 1.807) is 24.3 Å². The van der Waals surface area contributed by atoms with Gasteiger partial charge in [0, 0.05) is 24.3 Å². The van der Waals surface area contributed by atoms with Gasteiger partial charge in [0.15, 0.2) is 0 Å². The summed E-state index contributed by atoms with van der Waals surface area (Å²) >= 11 is 0. The van der Waals surface area contributed by atoms with Crippen LogP contribution >= 0.6 is 0 Å². The molecule has 5 rings (SSSR count). The summed E-state index contributed by atoms with van der Waals surface area (Å²) in [5.41, 5.74) is 2.82. The maximum Gasteiger partial charge on any atom is 0.261 e. The lowest BCUT2D eigenvalue weighted by molar-refractivity contribution is 0.0656. The number of nitrogens with one attached hydrogen (secondary N) is 1. The highest BCUT2D eigenvalue weighted by atomic mass is 32.2. The molecule has 178 valence electrons. The van der Waals surface area contributed by atoms with Crippen molar-refractivity contribution in [2.75, 3.05) is 28.5 Å². The summed E-state index contributed by atoms with van der Waals surface area (Å²) in [6.45, 7) is 0.704. The van der Waals surface area contributed by atoms with Crippen molar-refractivity contribution in [3.8, 4) is 0 Å². The van der Waals surface area contributed by atoms with Gasteiger partial charge in [-0.25, -0.2) is 8.42 Å². The summed E-state index contributed by atoms with van der Waals surface area (Å²) in [5.74, 6) is -1.07. The molecule has 0 atom stereocenters. The molecule has 9 heteroatoms. The minimum absolute atomic E-state index is 0.134. The highest BCUT2D eigenvalue weighted by Crippen LogP contribution is 2.27. The number of imide groups is 1. The van der Waals surface area contributed by atoms with E-state index in [0.717, 1.165) is 5.56 Å². The van der Waals surface area contributed by atoms with E-state index in [1.165, 1.54) is 27.4 Å². The van der Waals surface area contributed by atoms with E-state index in [9.17, 15) is 22.8 Å². The molecule has 2 aliphatic heterocycles. The van der Waals surface area contributed by atoms with Crippen LogP contribution in [0, 0.1) is 0 Å². The standard InChI is InChI=1S/C26H23N3O5S/c30-24(27-20-8-10-21(11-9-20)29-14-4-16-35(29,33)34)19-7-12-22-23(17-19)26(32)28(25(22)31)15-13-18-5-2-1-3-6-18/h1-3,5-12,17H,4,13-16H2,(H,27,30). The van der Waals surface area contributed by atoms with Gasteiger partial charge < -0.3 is 5.32 Å². The van der Waals surface area contributed by atoms with E-state index < -0.39 is 21.8 Å². The van der Waals surface area contributed by atoms with Gasteiger partial charge in [0.25, 0.3) is 17.7 Å². The average molecular weight is 490 g/mol. The number of benzene rings is 3. The number of anilines is 2. The summed E-state index contributed by atoms with van der Waals surface area (Å²) in [6, 6.07) is 20.6. The fourth-order valence-corrected chi connectivity index (χ4v) is 5.93. The van der Waals surface area contributed by atoms with E-state index in [-0.39, 0.29) is 34.9 Å². The van der Waals surface area contributed by atoms with Crippen LogP contribution < -0.4 is 9.62 Å². The Bertz CT molecular complexity index is 1420. The Hall–Kier alpha value is -3.98. The van der Waals surface area contributed by atoms with Crippen molar-refractivity contribution in [2.24, 2.45) is 0 Å². The van der Waals surface area contributed by atoms with Crippen LogP contribution in [-0.4, -0.2) is 49.9 Å². The molecule has 1 N–H and O–H groups in total. The first-order valence-electron chi connectivity index (χ1n) is 11.3. The third kappa shape index (κ3) is 4.42. The van der Waals surface area contributed by atoms with Gasteiger partial charge in [0.1, 0.15) is 0 Å². The topological polar surface area (TPSA) is 104 Å². The van der Waals surface area contributed by atoms with Crippen molar-refractivity contribution in [3.63, 3.8) is 0 Å². The van der Waals surface area contributed by atoms with Gasteiger partial charge in [-0.15, -0.1) is 0 Å². The van der Waals surface area contributed by atoms with Crippen molar-refractivity contribution in [1.82, 2.24) is 4.90 Å². The zero-order valence-corrected chi connectivity index (χ0v) is 19.6. The van der Waals surface area contributed by atoms with Gasteiger partial charge >= 0.3 is 0 Å². The second-order valence-corrected chi connectivity index (χ2v) is 10.5. The zero-order chi connectivity index (χ0) is 24.6. The molecule has 1 saturated heterocycles. The summed E-state index contributed by atoms with van der Waals surface area (Å²) in [5, 5.41) is 2.76. The molecule has 0 saturated carbocycles. The number of amides is 3. The molecule has 3 amide bonds. The van der Waals surface area contributed by atoms with Crippen molar-refractivity contribution in [3.05, 3.63) is 95.1 Å². The Balaban J connectivity index is 1.27. The molecule has 3 aromatic rings. The fourth-order valence-electron chi connectivity index (χ4n) is 4.36. The summed E-state index contributed by atoms with van der Waals surface area (Å²) < 4.78 is 25.5. The van der Waals surface area contributed by atoms with E-state index in [2.05, 4.69) is 5.32 Å². The van der Waals surface area contributed by atoms with Crippen molar-refractivity contribution in [1.29, 1.82) is 0 Å². The maximum absolute atomic E-state index is 12.9. The molecule has 0 radical (unpaired) electrons. The van der Waals surface area contributed by atoms with Crippen LogP contribution in [0.15, 0.2) is 72.8 Å². The predicted octanol–water partition coefficient (Wildman–Crippen LogP) is 3.32. The quantitative estimate of drug-likeness (QED) is 0.535. The zero-order valence-electron chi connectivity index (χ0n) is 18.8. The van der Waals surface area contributed by atoms with Crippen molar-refractivity contribution in [2.45, 2.75) is 12.8 Å². The highest BCUT2D eigenvalue weighted by Gasteiger charge is 2.35. The minimum atomic E-state index is -3.28. The molecular weight excluding hydrogens is 466 g/mol. The second-order valence-electron chi connectivity index (χ2n) is 8.50. The number of rotatable bonds is 6. The first kappa shape index (κ1) is 22.8. The van der Waals surface area contributed by atoms with Gasteiger partial charge in [-0.1, -0.05) is 30.3 Å². The molecule has 2 aliphatic rings. The number of carbonyl (C=O) groups is 3. The number of hydrogen-bond acceptors (Lipinski definition) is 5. The average Bonchev–Trinajstić information content (AvgIpc) is 3.34. The first-order valence-corrected chi connectivity index (χ1v) is 12.9. The molecule has 2 heterocycles. The number of hydrogen-bond donors (Lipinski definition) is 1. The lowest BCUT2D eigenvalue weighted by atomic mass is 10.1. The van der Waals surface area contributed by atoms with E-state index in [4.69, 9.17) is 0 Å². The SMILES string of the molecule is O=C(Nc1ccc(N2CCCS2(=O)=O)cc1)c1ccc2c(c1)C(=O)N(CCc1ccccc1)C2=O. The number of nitrogens with zero attached hydrogens (tertiary/aromatic N) is 2. The molecule has 0 aliphatic carbocycles. The third-order valence-corrected chi connectivity index (χ3v) is 8.08. The van der Waals surface area contributed by atoms with Gasteiger partial charge in [-0.2, -0.15) is 0 Å². The van der Waals surface area contributed by atoms with Gasteiger partial charge in [0.2, 0.25) is 10.0 Å². The van der Waals surface area contributed by atoms with Gasteiger partial charge in [0.05, 0.1) is 22.6 Å². The number of carbonyl (C=O) groups excluding carboxylic acids is 3. The number of fused-ring (bicyclic) bond motifs is 1. The van der Waals surface area contributed by atoms with E-state index in [1.807, 2.05) is 30.3 Å². The molecule has 8 nitrogen and oxygen atoms in total. The highest BCUT2D eigenvalue weighted by molar-refractivity contribution is 7.93. The Morgan fingerprint density at radius 1 is 0.886 bits per heavy atom. The van der Waals surface area contributed by atoms with Crippen LogP contribution in [0.4, 0.5) is 11.4 Å². The van der Waals surface area contributed by atoms with Gasteiger partial charge in [-0.3, -0.25) is 23.6 Å². The summed E-state index contributed by atoms with van der Waals surface area (Å²) in [4.78, 5) is 39.7. The Morgan fingerprint density at radius 3 is 2.29 bits per heavy atom. The molecule has 0 spiro atoms. The smallest absolute Gasteiger partial charge is 0.261 e. The molecule has 0 aromatic heterocycles. The molecular formula is C26H23N3O5S. The summed E-state index contributed by atoms with van der Waals surface area (Å²) in [6.07, 6.45) is 1.14. The normalized spacial score (nSPS) is 16.5. The third-order valence-electron chi connectivity index (χ3n) is 6.21. The lowest BCUT2D eigenvalue weighted by Crippen LogP contribution is -2.31. The molecule has 0 unspecified atom stereocenters. The monoisotopic (exact) mass is 489 g/mol. The maximum atomic E-state index is 12.9. The van der Waals surface area contributed by atoms with Crippen molar-refractivity contribution < 1.29 is 22.8 Å². The van der Waals surface area contributed by atoms with Crippen LogP contribution in [0.2, 0.25) is 0 Å². The first-order chi connectivity index (χ1) is 16.8. The van der Waals surface area contributed by atoms with E-state index in [0.29, 0.717) is 30.8 Å². The molecule has 3 aromatic carbocycles. The van der Waals surface area contributed by atoms with Crippen LogP contribution in [0.1, 0.15) is 43.1 Å². The summed E-state index contributed by atoms with van der Waals surface area (Å²) in [7, 11) is -3.28. The van der Waals surface area contributed by atoms with Crippen LogP contribution in [0.5, 0.6) is 0 Å². The number of sulfonamides is 1. The molecule has 0 bridgehead atoms. The lowest BCUT2D eigenvalue weighted by Gasteiger charge is -2.17. The largest absolute Gasteiger partial charge is 0.322 e. The Morgan fingerprint density at radius 2 is 1.60 bits per heavy atom. The van der Waals surface area contributed by atoms with Gasteiger partial charge in [-0.05, 0) is 60.9 Å². The Labute approximate surface area is 203 Å². The fraction of sp³-hybridized carbons (Fsp3) is 0.192. The van der Waals surface area contributed by atoms with Crippen molar-refractivity contribution >= 4 is 39.1 Å². The molecule has 35 heavy (non-hydrogen) atoms. The second kappa shape index (κ2) is 8.99. The molecule has 1 fully saturated rings. The van der Waals surface area contributed by atoms with Crippen LogP contribution in [-0.2, 0) is 16.4 Å².